The summed E-state index contributed by atoms with van der Waals surface area (Å²) in [6.45, 7) is 0.210. The zero-order valence-corrected chi connectivity index (χ0v) is 24.1. The summed E-state index contributed by atoms with van der Waals surface area (Å²) >= 11 is 13.6. The smallest absolute Gasteiger partial charge is 0.243 e. The summed E-state index contributed by atoms with van der Waals surface area (Å²) in [5, 5.41) is 4.20. The fourth-order valence-electron chi connectivity index (χ4n) is 4.85. The van der Waals surface area contributed by atoms with Crippen molar-refractivity contribution in [2.75, 3.05) is 5.75 Å². The molecule has 0 bridgehead atoms. The maximum Gasteiger partial charge on any atom is 0.243 e. The summed E-state index contributed by atoms with van der Waals surface area (Å²) < 4.78 is 13.6. The molecule has 0 radical (unpaired) electrons. The van der Waals surface area contributed by atoms with E-state index >= 15 is 0 Å². The molecule has 0 heterocycles. The highest BCUT2D eigenvalue weighted by Gasteiger charge is 2.31. The standard InChI is InChI=1S/C31H33Cl2FN2O2S/c32-27-16-13-24(17-28(27)33)20-39-21-30(37)36(19-23-11-14-25(34)15-12-23)29(18-22-7-3-1-4-8-22)31(38)35-26-9-5-2-6-10-26/h1,3-4,7-8,11-17,26,29H,2,5-6,9-10,18-21H2,(H,35,38)/t29-/m0/s1. The molecular weight excluding hydrogens is 554 g/mol. The van der Waals surface area contributed by atoms with E-state index in [0.717, 1.165) is 42.4 Å². The first-order valence-electron chi connectivity index (χ1n) is 13.3. The van der Waals surface area contributed by atoms with Crippen LogP contribution in [0.1, 0.15) is 48.8 Å². The topological polar surface area (TPSA) is 49.4 Å². The van der Waals surface area contributed by atoms with E-state index in [-0.39, 0.29) is 36.0 Å². The maximum absolute atomic E-state index is 13.8. The van der Waals surface area contributed by atoms with Crippen LogP contribution in [-0.4, -0.2) is 34.6 Å². The number of carbonyl (C=O) groups is 2. The van der Waals surface area contributed by atoms with Crippen LogP contribution in [-0.2, 0) is 28.3 Å². The van der Waals surface area contributed by atoms with Gasteiger partial charge < -0.3 is 10.2 Å². The summed E-state index contributed by atoms with van der Waals surface area (Å²) in [7, 11) is 0. The van der Waals surface area contributed by atoms with Crippen molar-refractivity contribution in [3.63, 3.8) is 0 Å². The van der Waals surface area contributed by atoms with Gasteiger partial charge in [-0.15, -0.1) is 11.8 Å². The van der Waals surface area contributed by atoms with Gasteiger partial charge in [0.2, 0.25) is 11.8 Å². The van der Waals surface area contributed by atoms with Crippen LogP contribution >= 0.6 is 35.0 Å². The van der Waals surface area contributed by atoms with Crippen molar-refractivity contribution < 1.29 is 14.0 Å². The molecule has 0 saturated heterocycles. The fourth-order valence-corrected chi connectivity index (χ4v) is 6.03. The number of hydrogen-bond donors (Lipinski definition) is 1. The number of benzene rings is 3. The number of amides is 2. The van der Waals surface area contributed by atoms with Crippen LogP contribution in [0.5, 0.6) is 0 Å². The molecular formula is C31H33Cl2FN2O2S. The Morgan fingerprint density at radius 2 is 1.59 bits per heavy atom. The number of rotatable bonds is 11. The van der Waals surface area contributed by atoms with Crippen LogP contribution in [0.15, 0.2) is 72.8 Å². The van der Waals surface area contributed by atoms with E-state index < -0.39 is 6.04 Å². The zero-order valence-electron chi connectivity index (χ0n) is 21.8. The Morgan fingerprint density at radius 3 is 2.28 bits per heavy atom. The highest BCUT2D eigenvalue weighted by molar-refractivity contribution is 7.99. The van der Waals surface area contributed by atoms with E-state index in [0.29, 0.717) is 22.2 Å². The van der Waals surface area contributed by atoms with Gasteiger partial charge in [0.1, 0.15) is 11.9 Å². The predicted octanol–water partition coefficient (Wildman–Crippen LogP) is 7.45. The minimum atomic E-state index is -0.697. The Kier molecular flexibility index (Phi) is 11.1. The minimum Gasteiger partial charge on any atom is -0.352 e. The third-order valence-electron chi connectivity index (χ3n) is 6.97. The molecule has 0 unspecified atom stereocenters. The molecule has 0 aliphatic heterocycles. The Hall–Kier alpha value is -2.54. The van der Waals surface area contributed by atoms with Crippen LogP contribution in [0.2, 0.25) is 10.0 Å². The van der Waals surface area contributed by atoms with Gasteiger partial charge >= 0.3 is 0 Å². The molecule has 1 N–H and O–H groups in total. The third kappa shape index (κ3) is 8.99. The van der Waals surface area contributed by atoms with Gasteiger partial charge in [0.05, 0.1) is 15.8 Å². The van der Waals surface area contributed by atoms with Gasteiger partial charge in [-0.3, -0.25) is 9.59 Å². The molecule has 0 aromatic heterocycles. The van der Waals surface area contributed by atoms with Gasteiger partial charge in [-0.1, -0.05) is 91.0 Å². The number of thioether (sulfide) groups is 1. The van der Waals surface area contributed by atoms with Gasteiger partial charge in [-0.25, -0.2) is 4.39 Å². The van der Waals surface area contributed by atoms with Gasteiger partial charge in [0, 0.05) is 24.8 Å². The summed E-state index contributed by atoms with van der Waals surface area (Å²) in [4.78, 5) is 29.2. The molecule has 1 saturated carbocycles. The minimum absolute atomic E-state index is 0.122. The fraction of sp³-hybridized carbons (Fsp3) is 0.355. The summed E-state index contributed by atoms with van der Waals surface area (Å²) in [6, 6.07) is 20.7. The predicted molar refractivity (Wildman–Crippen MR) is 159 cm³/mol. The first kappa shape index (κ1) is 29.4. The monoisotopic (exact) mass is 586 g/mol. The molecule has 0 spiro atoms. The van der Waals surface area contributed by atoms with Crippen LogP contribution in [0.3, 0.4) is 0 Å². The summed E-state index contributed by atoms with van der Waals surface area (Å²) in [6.07, 6.45) is 5.68. The maximum atomic E-state index is 13.8. The second-order valence-electron chi connectivity index (χ2n) is 9.94. The number of nitrogens with zero attached hydrogens (tertiary/aromatic N) is 1. The lowest BCUT2D eigenvalue weighted by Crippen LogP contribution is -2.53. The lowest BCUT2D eigenvalue weighted by molar-refractivity contribution is -0.139. The van der Waals surface area contributed by atoms with Crippen LogP contribution in [0.25, 0.3) is 0 Å². The number of carbonyl (C=O) groups excluding carboxylic acids is 2. The van der Waals surface area contributed by atoms with E-state index in [4.69, 9.17) is 23.2 Å². The van der Waals surface area contributed by atoms with Crippen molar-refractivity contribution in [2.45, 2.75) is 62.9 Å². The van der Waals surface area contributed by atoms with Crippen molar-refractivity contribution in [1.29, 1.82) is 0 Å². The van der Waals surface area contributed by atoms with Crippen LogP contribution < -0.4 is 5.32 Å². The lowest BCUT2D eigenvalue weighted by Gasteiger charge is -2.33. The average molecular weight is 588 g/mol. The largest absolute Gasteiger partial charge is 0.352 e. The quantitative estimate of drug-likeness (QED) is 0.254. The molecule has 4 rings (SSSR count). The zero-order chi connectivity index (χ0) is 27.6. The van der Waals surface area contributed by atoms with Crippen molar-refractivity contribution in [1.82, 2.24) is 10.2 Å². The molecule has 3 aromatic carbocycles. The van der Waals surface area contributed by atoms with E-state index in [1.54, 1.807) is 29.2 Å². The van der Waals surface area contributed by atoms with E-state index in [1.807, 2.05) is 36.4 Å². The van der Waals surface area contributed by atoms with E-state index in [2.05, 4.69) is 5.32 Å². The highest BCUT2D eigenvalue weighted by atomic mass is 35.5. The third-order valence-corrected chi connectivity index (χ3v) is 8.69. The number of nitrogens with one attached hydrogen (secondary N) is 1. The summed E-state index contributed by atoms with van der Waals surface area (Å²) in [5.41, 5.74) is 2.70. The Bertz CT molecular complexity index is 1240. The molecule has 3 aromatic rings. The van der Waals surface area contributed by atoms with Gasteiger partial charge in [0.15, 0.2) is 0 Å². The molecule has 206 valence electrons. The van der Waals surface area contributed by atoms with Crippen LogP contribution in [0.4, 0.5) is 4.39 Å². The lowest BCUT2D eigenvalue weighted by atomic mass is 9.94. The van der Waals surface area contributed by atoms with E-state index in [9.17, 15) is 14.0 Å². The number of hydrogen-bond acceptors (Lipinski definition) is 3. The van der Waals surface area contributed by atoms with Crippen molar-refractivity contribution in [3.05, 3.63) is 105 Å². The molecule has 1 aliphatic rings. The molecule has 39 heavy (non-hydrogen) atoms. The highest BCUT2D eigenvalue weighted by Crippen LogP contribution is 2.25. The van der Waals surface area contributed by atoms with Crippen molar-refractivity contribution >= 4 is 46.8 Å². The van der Waals surface area contributed by atoms with Gasteiger partial charge in [-0.05, 0) is 53.8 Å². The van der Waals surface area contributed by atoms with Crippen molar-refractivity contribution in [3.8, 4) is 0 Å². The van der Waals surface area contributed by atoms with E-state index in [1.165, 1.54) is 30.3 Å². The molecule has 1 atom stereocenters. The molecule has 1 aliphatic carbocycles. The normalized spacial score (nSPS) is 14.5. The first-order chi connectivity index (χ1) is 18.9. The molecule has 4 nitrogen and oxygen atoms in total. The molecule has 8 heteroatoms. The van der Waals surface area contributed by atoms with Crippen LogP contribution in [0, 0.1) is 5.82 Å². The molecule has 2 amide bonds. The van der Waals surface area contributed by atoms with Gasteiger partial charge in [0.25, 0.3) is 0 Å². The summed E-state index contributed by atoms with van der Waals surface area (Å²) in [5.74, 6) is 0.123. The van der Waals surface area contributed by atoms with Gasteiger partial charge in [-0.2, -0.15) is 0 Å². The van der Waals surface area contributed by atoms with Crippen molar-refractivity contribution in [2.24, 2.45) is 0 Å². The SMILES string of the molecule is O=C(NC1CCCCC1)[C@H](Cc1ccccc1)N(Cc1ccc(F)cc1)C(=O)CSCc1ccc(Cl)c(Cl)c1. The first-order valence-corrected chi connectivity index (χ1v) is 15.2. The average Bonchev–Trinajstić information content (AvgIpc) is 2.94. The molecule has 1 fully saturated rings. The second kappa shape index (κ2) is 14.7. The second-order valence-corrected chi connectivity index (χ2v) is 11.7. The Labute approximate surface area is 244 Å². The Balaban J connectivity index is 1.55. The number of halogens is 3. The Morgan fingerprint density at radius 1 is 0.897 bits per heavy atom.